The minimum absolute atomic E-state index is 0.400. The van der Waals surface area contributed by atoms with E-state index >= 15 is 0 Å². The Morgan fingerprint density at radius 2 is 1.85 bits per heavy atom. The van der Waals surface area contributed by atoms with E-state index in [1.54, 1.807) is 20.4 Å². The van der Waals surface area contributed by atoms with E-state index in [1.165, 1.54) is 0 Å². The number of methoxy groups -OCH3 is 2. The van der Waals surface area contributed by atoms with Crippen molar-refractivity contribution < 1.29 is 18.9 Å². The van der Waals surface area contributed by atoms with Crippen LogP contribution in [-0.4, -0.2) is 56.3 Å². The Morgan fingerprint density at radius 1 is 1.07 bits per heavy atom. The van der Waals surface area contributed by atoms with Gasteiger partial charge in [0.15, 0.2) is 5.79 Å². The number of anilines is 3. The van der Waals surface area contributed by atoms with Crippen LogP contribution in [0, 0.1) is 0 Å². The van der Waals surface area contributed by atoms with Gasteiger partial charge in [-0.2, -0.15) is 4.98 Å². The highest BCUT2D eigenvalue weighted by atomic mass is 16.7. The average molecular weight is 372 g/mol. The number of piperidine rings is 1. The molecule has 2 aliphatic rings. The monoisotopic (exact) mass is 372 g/mol. The molecule has 144 valence electrons. The van der Waals surface area contributed by atoms with Crippen molar-refractivity contribution in [3.8, 4) is 11.5 Å². The van der Waals surface area contributed by atoms with Crippen molar-refractivity contribution in [2.24, 2.45) is 0 Å². The average Bonchev–Trinajstić information content (AvgIpc) is 3.17. The van der Waals surface area contributed by atoms with Crippen molar-refractivity contribution in [1.29, 1.82) is 0 Å². The maximum atomic E-state index is 5.79. The summed E-state index contributed by atoms with van der Waals surface area (Å²) in [6.45, 7) is 2.96. The summed E-state index contributed by atoms with van der Waals surface area (Å²) in [6.07, 6.45) is 3.40. The minimum Gasteiger partial charge on any atom is -0.497 e. The Morgan fingerprint density at radius 3 is 2.56 bits per heavy atom. The van der Waals surface area contributed by atoms with Crippen molar-refractivity contribution in [1.82, 2.24) is 9.97 Å². The standard InChI is InChI=1S/C19H24N4O4/c1-24-14-3-4-15(16(13-14)25-2)21-17-5-8-20-18(22-17)23-9-6-19(7-10-23)26-11-12-27-19/h3-5,8,13H,6-7,9-12H2,1-2H3,(H,20,21,22). The lowest BCUT2D eigenvalue weighted by Gasteiger charge is -2.37. The first kappa shape index (κ1) is 17.8. The van der Waals surface area contributed by atoms with Crippen molar-refractivity contribution in [3.63, 3.8) is 0 Å². The number of benzene rings is 1. The second kappa shape index (κ2) is 7.58. The molecule has 2 fully saturated rings. The van der Waals surface area contributed by atoms with Crippen LogP contribution in [0.15, 0.2) is 30.5 Å². The van der Waals surface area contributed by atoms with Crippen LogP contribution >= 0.6 is 0 Å². The summed E-state index contributed by atoms with van der Waals surface area (Å²) in [5.74, 6) is 2.42. The van der Waals surface area contributed by atoms with Crippen molar-refractivity contribution in [3.05, 3.63) is 30.5 Å². The molecule has 1 aromatic heterocycles. The molecule has 0 atom stereocenters. The normalized spacial score (nSPS) is 18.5. The van der Waals surface area contributed by atoms with E-state index in [4.69, 9.17) is 18.9 Å². The van der Waals surface area contributed by atoms with E-state index in [2.05, 4.69) is 20.2 Å². The highest BCUT2D eigenvalue weighted by Gasteiger charge is 2.40. The molecular formula is C19H24N4O4. The predicted molar refractivity (Wildman–Crippen MR) is 101 cm³/mol. The number of nitrogens with one attached hydrogen (secondary N) is 1. The van der Waals surface area contributed by atoms with Crippen LogP contribution in [-0.2, 0) is 9.47 Å². The number of ether oxygens (including phenoxy) is 4. The SMILES string of the molecule is COc1ccc(Nc2ccnc(N3CCC4(CC3)OCCO4)n2)c(OC)c1. The highest BCUT2D eigenvalue weighted by Crippen LogP contribution is 2.33. The Kier molecular flexibility index (Phi) is 5.00. The second-order valence-electron chi connectivity index (χ2n) is 6.53. The maximum absolute atomic E-state index is 5.79. The molecule has 2 aliphatic heterocycles. The third kappa shape index (κ3) is 3.77. The summed E-state index contributed by atoms with van der Waals surface area (Å²) in [6, 6.07) is 7.44. The van der Waals surface area contributed by atoms with Crippen LogP contribution in [0.4, 0.5) is 17.5 Å². The van der Waals surface area contributed by atoms with Crippen LogP contribution in [0.5, 0.6) is 11.5 Å². The second-order valence-corrected chi connectivity index (χ2v) is 6.53. The van der Waals surface area contributed by atoms with Gasteiger partial charge >= 0.3 is 0 Å². The van der Waals surface area contributed by atoms with Gasteiger partial charge in [-0.3, -0.25) is 0 Å². The van der Waals surface area contributed by atoms with E-state index in [-0.39, 0.29) is 0 Å². The fraction of sp³-hybridized carbons (Fsp3) is 0.474. The van der Waals surface area contributed by atoms with Gasteiger partial charge in [-0.1, -0.05) is 0 Å². The van der Waals surface area contributed by atoms with Crippen molar-refractivity contribution in [2.45, 2.75) is 18.6 Å². The first-order valence-electron chi connectivity index (χ1n) is 9.06. The Labute approximate surface area is 158 Å². The number of rotatable bonds is 5. The lowest BCUT2D eigenvalue weighted by atomic mass is 10.0. The molecular weight excluding hydrogens is 348 g/mol. The van der Waals surface area contributed by atoms with Crippen LogP contribution in [0.25, 0.3) is 0 Å². The largest absolute Gasteiger partial charge is 0.497 e. The van der Waals surface area contributed by atoms with Gasteiger partial charge in [0, 0.05) is 38.2 Å². The van der Waals surface area contributed by atoms with Gasteiger partial charge in [0.25, 0.3) is 0 Å². The molecule has 0 amide bonds. The van der Waals surface area contributed by atoms with E-state index in [0.717, 1.165) is 37.4 Å². The molecule has 0 saturated carbocycles. The van der Waals surface area contributed by atoms with Crippen molar-refractivity contribution >= 4 is 17.5 Å². The zero-order valence-corrected chi connectivity index (χ0v) is 15.6. The van der Waals surface area contributed by atoms with Crippen LogP contribution in [0.3, 0.4) is 0 Å². The van der Waals surface area contributed by atoms with Crippen molar-refractivity contribution in [2.75, 3.05) is 50.7 Å². The fourth-order valence-corrected chi connectivity index (χ4v) is 3.44. The van der Waals surface area contributed by atoms with E-state index in [9.17, 15) is 0 Å². The third-order valence-electron chi connectivity index (χ3n) is 4.94. The van der Waals surface area contributed by atoms with Gasteiger partial charge in [-0.15, -0.1) is 0 Å². The minimum atomic E-state index is -0.400. The number of aromatic nitrogens is 2. The fourth-order valence-electron chi connectivity index (χ4n) is 3.44. The molecule has 1 N–H and O–H groups in total. The van der Waals surface area contributed by atoms with Gasteiger partial charge in [0.05, 0.1) is 33.1 Å². The molecule has 2 saturated heterocycles. The lowest BCUT2D eigenvalue weighted by molar-refractivity contribution is -0.169. The Bertz CT molecular complexity index is 785. The number of hydrogen-bond donors (Lipinski definition) is 1. The molecule has 0 unspecified atom stereocenters. The number of nitrogens with zero attached hydrogens (tertiary/aromatic N) is 3. The summed E-state index contributed by atoms with van der Waals surface area (Å²) in [5, 5.41) is 3.30. The first-order valence-corrected chi connectivity index (χ1v) is 9.06. The number of hydrogen-bond acceptors (Lipinski definition) is 8. The summed E-state index contributed by atoms with van der Waals surface area (Å²) < 4.78 is 22.2. The van der Waals surface area contributed by atoms with Crippen LogP contribution < -0.4 is 19.7 Å². The molecule has 8 nitrogen and oxygen atoms in total. The molecule has 0 radical (unpaired) electrons. The van der Waals surface area contributed by atoms with Gasteiger partial charge in [0.2, 0.25) is 5.95 Å². The third-order valence-corrected chi connectivity index (χ3v) is 4.94. The molecule has 1 aromatic carbocycles. The molecule has 1 spiro atoms. The van der Waals surface area contributed by atoms with E-state index in [0.29, 0.717) is 30.7 Å². The molecule has 8 heteroatoms. The predicted octanol–water partition coefficient (Wildman–Crippen LogP) is 2.58. The van der Waals surface area contributed by atoms with Crippen LogP contribution in [0.1, 0.15) is 12.8 Å². The molecule has 0 bridgehead atoms. The van der Waals surface area contributed by atoms with Gasteiger partial charge in [0.1, 0.15) is 17.3 Å². The van der Waals surface area contributed by atoms with Gasteiger partial charge < -0.3 is 29.2 Å². The van der Waals surface area contributed by atoms with Crippen LogP contribution in [0.2, 0.25) is 0 Å². The van der Waals surface area contributed by atoms with E-state index in [1.807, 2.05) is 24.3 Å². The summed E-state index contributed by atoms with van der Waals surface area (Å²) in [7, 11) is 3.26. The lowest BCUT2D eigenvalue weighted by Crippen LogP contribution is -2.45. The molecule has 0 aliphatic carbocycles. The summed E-state index contributed by atoms with van der Waals surface area (Å²) in [5.41, 5.74) is 0.813. The zero-order valence-electron chi connectivity index (χ0n) is 15.6. The first-order chi connectivity index (χ1) is 13.2. The van der Waals surface area contributed by atoms with Gasteiger partial charge in [-0.25, -0.2) is 4.98 Å². The zero-order chi connectivity index (χ0) is 18.7. The molecule has 27 heavy (non-hydrogen) atoms. The summed E-state index contributed by atoms with van der Waals surface area (Å²) >= 11 is 0. The smallest absolute Gasteiger partial charge is 0.227 e. The Hall–Kier alpha value is -2.58. The molecule has 4 rings (SSSR count). The maximum Gasteiger partial charge on any atom is 0.227 e. The molecule has 2 aromatic rings. The van der Waals surface area contributed by atoms with Gasteiger partial charge in [-0.05, 0) is 18.2 Å². The Balaban J connectivity index is 1.47. The quantitative estimate of drug-likeness (QED) is 0.858. The topological polar surface area (TPSA) is 78.0 Å². The summed E-state index contributed by atoms with van der Waals surface area (Å²) in [4.78, 5) is 11.3. The molecule has 3 heterocycles. The van der Waals surface area contributed by atoms with E-state index < -0.39 is 5.79 Å². The highest BCUT2D eigenvalue weighted by molar-refractivity contribution is 5.66.